The number of hydrogen-bond donors (Lipinski definition) is 1. The second-order valence-corrected chi connectivity index (χ2v) is 4.28. The Kier molecular flexibility index (Phi) is 2.17. The molecular formula is C10H19N. The largest absolute Gasteiger partial charge is 0.330 e. The molecule has 0 aromatic carbocycles. The van der Waals surface area contributed by atoms with Crippen LogP contribution in [0.25, 0.3) is 0 Å². The van der Waals surface area contributed by atoms with Gasteiger partial charge in [-0.3, -0.25) is 0 Å². The van der Waals surface area contributed by atoms with Crippen molar-refractivity contribution in [3.05, 3.63) is 0 Å². The Morgan fingerprint density at radius 3 is 2.45 bits per heavy atom. The van der Waals surface area contributed by atoms with E-state index in [1.165, 1.54) is 38.5 Å². The van der Waals surface area contributed by atoms with Gasteiger partial charge in [-0.05, 0) is 37.1 Å². The Balaban J connectivity index is 2.00. The second-order valence-electron chi connectivity index (χ2n) is 4.28. The molecule has 3 atom stereocenters. The van der Waals surface area contributed by atoms with Gasteiger partial charge < -0.3 is 5.73 Å². The SMILES string of the molecule is NCC1CCCC2CCCC12. The average molecular weight is 153 g/mol. The Morgan fingerprint density at radius 1 is 1.00 bits per heavy atom. The lowest BCUT2D eigenvalue weighted by Crippen LogP contribution is -2.29. The predicted molar refractivity (Wildman–Crippen MR) is 47.2 cm³/mol. The van der Waals surface area contributed by atoms with E-state index in [1.807, 2.05) is 0 Å². The molecule has 1 nitrogen and oxygen atoms in total. The highest BCUT2D eigenvalue weighted by atomic mass is 14.6. The fourth-order valence-electron chi connectivity index (χ4n) is 3.19. The summed E-state index contributed by atoms with van der Waals surface area (Å²) in [7, 11) is 0. The monoisotopic (exact) mass is 153 g/mol. The third-order valence-electron chi connectivity index (χ3n) is 3.78. The minimum atomic E-state index is 0.885. The molecule has 2 N–H and O–H groups in total. The molecule has 2 aliphatic rings. The maximum absolute atomic E-state index is 5.76. The summed E-state index contributed by atoms with van der Waals surface area (Å²) in [6.07, 6.45) is 8.82. The maximum Gasteiger partial charge on any atom is -0.00461 e. The van der Waals surface area contributed by atoms with E-state index in [2.05, 4.69) is 0 Å². The highest BCUT2D eigenvalue weighted by molar-refractivity contribution is 4.86. The van der Waals surface area contributed by atoms with Crippen molar-refractivity contribution in [1.82, 2.24) is 0 Å². The van der Waals surface area contributed by atoms with Crippen molar-refractivity contribution in [3.8, 4) is 0 Å². The summed E-state index contributed by atoms with van der Waals surface area (Å²) in [6, 6.07) is 0. The maximum atomic E-state index is 5.76. The zero-order chi connectivity index (χ0) is 7.68. The van der Waals surface area contributed by atoms with Crippen LogP contribution in [-0.4, -0.2) is 6.54 Å². The molecular weight excluding hydrogens is 134 g/mol. The van der Waals surface area contributed by atoms with Crippen molar-refractivity contribution in [2.45, 2.75) is 38.5 Å². The van der Waals surface area contributed by atoms with Gasteiger partial charge in [0.2, 0.25) is 0 Å². The van der Waals surface area contributed by atoms with Crippen LogP contribution < -0.4 is 5.73 Å². The van der Waals surface area contributed by atoms with E-state index in [0.717, 1.165) is 24.3 Å². The molecule has 0 spiro atoms. The molecule has 0 saturated heterocycles. The fraction of sp³-hybridized carbons (Fsp3) is 1.00. The molecule has 0 radical (unpaired) electrons. The van der Waals surface area contributed by atoms with Crippen LogP contribution in [0.4, 0.5) is 0 Å². The summed E-state index contributed by atoms with van der Waals surface area (Å²) >= 11 is 0. The third kappa shape index (κ3) is 1.31. The molecule has 11 heavy (non-hydrogen) atoms. The Labute approximate surface area is 69.4 Å². The van der Waals surface area contributed by atoms with E-state index in [0.29, 0.717) is 0 Å². The van der Waals surface area contributed by atoms with E-state index >= 15 is 0 Å². The number of rotatable bonds is 1. The van der Waals surface area contributed by atoms with Gasteiger partial charge in [-0.25, -0.2) is 0 Å². The molecule has 0 aromatic heterocycles. The fourth-order valence-corrected chi connectivity index (χ4v) is 3.19. The van der Waals surface area contributed by atoms with Crippen LogP contribution in [0.1, 0.15) is 38.5 Å². The van der Waals surface area contributed by atoms with Crippen LogP contribution in [0.15, 0.2) is 0 Å². The lowest BCUT2D eigenvalue weighted by atomic mass is 9.74. The van der Waals surface area contributed by atoms with Gasteiger partial charge in [-0.2, -0.15) is 0 Å². The summed E-state index contributed by atoms with van der Waals surface area (Å²) in [6.45, 7) is 0.946. The Hall–Kier alpha value is -0.0400. The molecule has 0 heterocycles. The van der Waals surface area contributed by atoms with Gasteiger partial charge in [0, 0.05) is 0 Å². The smallest absolute Gasteiger partial charge is 0.00461 e. The highest BCUT2D eigenvalue weighted by Gasteiger charge is 2.35. The van der Waals surface area contributed by atoms with E-state index in [9.17, 15) is 0 Å². The van der Waals surface area contributed by atoms with Crippen molar-refractivity contribution >= 4 is 0 Å². The minimum Gasteiger partial charge on any atom is -0.330 e. The van der Waals surface area contributed by atoms with Crippen LogP contribution in [0.5, 0.6) is 0 Å². The first-order valence-corrected chi connectivity index (χ1v) is 5.12. The number of nitrogens with two attached hydrogens (primary N) is 1. The van der Waals surface area contributed by atoms with Crippen molar-refractivity contribution in [1.29, 1.82) is 0 Å². The first-order valence-electron chi connectivity index (χ1n) is 5.12. The molecule has 3 unspecified atom stereocenters. The molecule has 2 rings (SSSR count). The van der Waals surface area contributed by atoms with Crippen molar-refractivity contribution in [2.75, 3.05) is 6.54 Å². The van der Waals surface area contributed by atoms with Gasteiger partial charge in [-0.1, -0.05) is 25.7 Å². The van der Waals surface area contributed by atoms with Crippen LogP contribution in [0.3, 0.4) is 0 Å². The molecule has 2 fully saturated rings. The first kappa shape index (κ1) is 7.60. The summed E-state index contributed by atoms with van der Waals surface area (Å²) in [5.74, 6) is 2.97. The normalized spacial score (nSPS) is 43.9. The molecule has 0 aliphatic heterocycles. The van der Waals surface area contributed by atoms with E-state index < -0.39 is 0 Å². The van der Waals surface area contributed by atoms with Crippen molar-refractivity contribution in [2.24, 2.45) is 23.5 Å². The van der Waals surface area contributed by atoms with Gasteiger partial charge in [0.1, 0.15) is 0 Å². The van der Waals surface area contributed by atoms with Crippen LogP contribution >= 0.6 is 0 Å². The standard InChI is InChI=1S/C10H19N/c11-7-9-5-1-3-8-4-2-6-10(8)9/h8-10H,1-7,11H2. The number of hydrogen-bond acceptors (Lipinski definition) is 1. The minimum absolute atomic E-state index is 0.885. The lowest BCUT2D eigenvalue weighted by molar-refractivity contribution is 0.187. The molecule has 0 bridgehead atoms. The van der Waals surface area contributed by atoms with Crippen LogP contribution in [0, 0.1) is 17.8 Å². The number of fused-ring (bicyclic) bond motifs is 1. The summed E-state index contributed by atoms with van der Waals surface area (Å²) in [4.78, 5) is 0. The van der Waals surface area contributed by atoms with Gasteiger partial charge >= 0.3 is 0 Å². The molecule has 0 aromatic rings. The predicted octanol–water partition coefficient (Wildman–Crippen LogP) is 2.16. The summed E-state index contributed by atoms with van der Waals surface area (Å²) in [5, 5.41) is 0. The van der Waals surface area contributed by atoms with E-state index in [4.69, 9.17) is 5.73 Å². The molecule has 1 heteroatoms. The van der Waals surface area contributed by atoms with E-state index in [1.54, 1.807) is 0 Å². The molecule has 2 saturated carbocycles. The quantitative estimate of drug-likeness (QED) is 0.614. The van der Waals surface area contributed by atoms with Gasteiger partial charge in [0.15, 0.2) is 0 Å². The average Bonchev–Trinajstić information content (AvgIpc) is 2.50. The second kappa shape index (κ2) is 3.14. The van der Waals surface area contributed by atoms with Crippen LogP contribution in [0.2, 0.25) is 0 Å². The van der Waals surface area contributed by atoms with Crippen molar-refractivity contribution in [3.63, 3.8) is 0 Å². The first-order chi connectivity index (χ1) is 5.42. The zero-order valence-electron chi connectivity index (χ0n) is 7.26. The molecule has 2 aliphatic carbocycles. The Bertz CT molecular complexity index is 133. The summed E-state index contributed by atoms with van der Waals surface area (Å²) in [5.41, 5.74) is 5.76. The van der Waals surface area contributed by atoms with Gasteiger partial charge in [0.25, 0.3) is 0 Å². The van der Waals surface area contributed by atoms with Gasteiger partial charge in [-0.15, -0.1) is 0 Å². The topological polar surface area (TPSA) is 26.0 Å². The summed E-state index contributed by atoms with van der Waals surface area (Å²) < 4.78 is 0. The third-order valence-corrected chi connectivity index (χ3v) is 3.78. The highest BCUT2D eigenvalue weighted by Crippen LogP contribution is 2.44. The van der Waals surface area contributed by atoms with Crippen LogP contribution in [-0.2, 0) is 0 Å². The lowest BCUT2D eigenvalue weighted by Gasteiger charge is -2.32. The Morgan fingerprint density at radius 2 is 1.73 bits per heavy atom. The molecule has 64 valence electrons. The van der Waals surface area contributed by atoms with E-state index in [-0.39, 0.29) is 0 Å². The zero-order valence-corrected chi connectivity index (χ0v) is 7.26. The van der Waals surface area contributed by atoms with Gasteiger partial charge in [0.05, 0.1) is 0 Å². The molecule has 0 amide bonds. The van der Waals surface area contributed by atoms with Crippen molar-refractivity contribution < 1.29 is 0 Å².